The van der Waals surface area contributed by atoms with Crippen LogP contribution in [0.2, 0.25) is 0 Å². The van der Waals surface area contributed by atoms with Crippen molar-refractivity contribution in [3.8, 4) is 0 Å². The highest BCUT2D eigenvalue weighted by atomic mass is 16.4. The number of benzene rings is 2. The van der Waals surface area contributed by atoms with Gasteiger partial charge in [0.1, 0.15) is 0 Å². The first-order valence-electron chi connectivity index (χ1n) is 11.8. The molecule has 2 atom stereocenters. The highest BCUT2D eigenvalue weighted by Gasteiger charge is 2.09. The van der Waals surface area contributed by atoms with Crippen molar-refractivity contribution in [2.45, 2.75) is 73.1 Å². The van der Waals surface area contributed by atoms with Gasteiger partial charge in [0.2, 0.25) is 0 Å². The van der Waals surface area contributed by atoms with Crippen molar-refractivity contribution in [3.05, 3.63) is 70.8 Å². The molecule has 0 aromatic heterocycles. The lowest BCUT2D eigenvalue weighted by molar-refractivity contribution is -0.134. The topological polar surface area (TPSA) is 137 Å². The number of aliphatic carboxylic acids is 1. The molecule has 6 nitrogen and oxygen atoms in total. The summed E-state index contributed by atoms with van der Waals surface area (Å²) in [4.78, 5) is 9.00. The second-order valence-electron chi connectivity index (χ2n) is 9.55. The Morgan fingerprint density at radius 3 is 1.12 bits per heavy atom. The van der Waals surface area contributed by atoms with Gasteiger partial charge in [-0.05, 0) is 46.9 Å². The third-order valence-electron chi connectivity index (χ3n) is 5.18. The van der Waals surface area contributed by atoms with Gasteiger partial charge in [-0.2, -0.15) is 0 Å². The van der Waals surface area contributed by atoms with E-state index in [1.54, 1.807) is 0 Å². The number of hydrogen-bond donors (Lipinski definition) is 5. The maximum Gasteiger partial charge on any atom is 0.300 e. The average Bonchev–Trinajstić information content (AvgIpc) is 2.73. The van der Waals surface area contributed by atoms with Crippen LogP contribution in [0.4, 0.5) is 0 Å². The third kappa shape index (κ3) is 13.4. The highest BCUT2D eigenvalue weighted by molar-refractivity contribution is 5.84. The summed E-state index contributed by atoms with van der Waals surface area (Å²) in [6.45, 7) is 13.9. The lowest BCUT2D eigenvalue weighted by Gasteiger charge is -2.11. The molecule has 7 N–H and O–H groups in total. The zero-order valence-electron chi connectivity index (χ0n) is 21.9. The van der Waals surface area contributed by atoms with E-state index in [0.29, 0.717) is 11.8 Å². The minimum absolute atomic E-state index is 0.0260. The molecule has 0 saturated heterocycles. The Kier molecular flexibility index (Phi) is 14.2. The fraction of sp³-hybridized carbons (Fsp3) is 0.464. The maximum absolute atomic E-state index is 9.00. The number of nitrogens with one attached hydrogen (secondary N) is 2. The van der Waals surface area contributed by atoms with Gasteiger partial charge < -0.3 is 16.6 Å². The molecule has 0 spiro atoms. The molecule has 0 heterocycles. The Balaban J connectivity index is 0.000000554. The SMILES string of the molecule is CC(=O)O.CC(C)Cc1ccc(C(C)C(=N)N)cc1.CC(C)Cc1ccc(C(C)C(=N)N)cc1. The number of nitrogens with two attached hydrogens (primary N) is 2. The van der Waals surface area contributed by atoms with Crippen LogP contribution in [0.3, 0.4) is 0 Å². The van der Waals surface area contributed by atoms with E-state index < -0.39 is 5.97 Å². The van der Waals surface area contributed by atoms with E-state index in [0.717, 1.165) is 30.9 Å². The Morgan fingerprint density at radius 1 is 0.706 bits per heavy atom. The zero-order chi connectivity index (χ0) is 26.4. The molecule has 2 rings (SSSR count). The second-order valence-corrected chi connectivity index (χ2v) is 9.55. The number of hydrogen-bond acceptors (Lipinski definition) is 3. The standard InChI is InChI=1S/2C13H20N2.C2H4O2/c2*1-9(2)8-11-4-6-12(7-5-11)10(3)13(14)15;1-2(3)4/h2*4-7,9-10H,8H2,1-3H3,(H3,14,15);1H3,(H,3,4). The summed E-state index contributed by atoms with van der Waals surface area (Å²) in [6, 6.07) is 16.8. The van der Waals surface area contributed by atoms with Crippen LogP contribution in [-0.2, 0) is 17.6 Å². The quantitative estimate of drug-likeness (QED) is 0.242. The molecule has 2 aromatic rings. The second kappa shape index (κ2) is 15.6. The van der Waals surface area contributed by atoms with E-state index in [1.165, 1.54) is 11.1 Å². The van der Waals surface area contributed by atoms with Crippen LogP contribution >= 0.6 is 0 Å². The fourth-order valence-corrected chi connectivity index (χ4v) is 3.19. The van der Waals surface area contributed by atoms with Crippen LogP contribution in [0.1, 0.15) is 82.6 Å². The fourth-order valence-electron chi connectivity index (χ4n) is 3.19. The molecule has 0 bridgehead atoms. The number of carboxylic acid groups (broad SMARTS) is 1. The molecule has 2 unspecified atom stereocenters. The lowest BCUT2D eigenvalue weighted by atomic mass is 9.96. The van der Waals surface area contributed by atoms with E-state index in [1.807, 2.05) is 13.8 Å². The van der Waals surface area contributed by atoms with Gasteiger partial charge in [0.05, 0.1) is 11.7 Å². The van der Waals surface area contributed by atoms with Crippen LogP contribution < -0.4 is 11.5 Å². The Morgan fingerprint density at radius 2 is 0.941 bits per heavy atom. The van der Waals surface area contributed by atoms with Crippen LogP contribution in [0.25, 0.3) is 0 Å². The van der Waals surface area contributed by atoms with Crippen molar-refractivity contribution in [2.75, 3.05) is 0 Å². The molecule has 0 aliphatic heterocycles. The Labute approximate surface area is 205 Å². The predicted molar refractivity (Wildman–Crippen MR) is 144 cm³/mol. The first-order chi connectivity index (χ1) is 15.7. The van der Waals surface area contributed by atoms with Crippen molar-refractivity contribution in [1.82, 2.24) is 0 Å². The summed E-state index contributed by atoms with van der Waals surface area (Å²) in [5.41, 5.74) is 15.9. The first-order valence-corrected chi connectivity index (χ1v) is 11.8. The summed E-state index contributed by atoms with van der Waals surface area (Å²) in [5.74, 6) is 1.04. The van der Waals surface area contributed by atoms with Gasteiger partial charge in [-0.25, -0.2) is 0 Å². The van der Waals surface area contributed by atoms with E-state index in [9.17, 15) is 0 Å². The molecular weight excluding hydrogens is 424 g/mol. The molecule has 6 heteroatoms. The molecule has 0 amide bonds. The number of carbonyl (C=O) groups is 1. The Hall–Kier alpha value is -3.15. The van der Waals surface area contributed by atoms with Gasteiger partial charge in [-0.15, -0.1) is 0 Å². The predicted octanol–water partition coefficient (Wildman–Crippen LogP) is 5.94. The monoisotopic (exact) mass is 468 g/mol. The molecular formula is C28H44N4O2. The number of carboxylic acids is 1. The minimum atomic E-state index is -0.833. The largest absolute Gasteiger partial charge is 0.481 e. The maximum atomic E-state index is 9.00. The van der Waals surface area contributed by atoms with Crippen molar-refractivity contribution in [2.24, 2.45) is 23.3 Å². The number of rotatable bonds is 8. The summed E-state index contributed by atoms with van der Waals surface area (Å²) in [5, 5.41) is 22.2. The lowest BCUT2D eigenvalue weighted by Crippen LogP contribution is -2.17. The van der Waals surface area contributed by atoms with E-state index >= 15 is 0 Å². The molecule has 34 heavy (non-hydrogen) atoms. The minimum Gasteiger partial charge on any atom is -0.481 e. The molecule has 2 aromatic carbocycles. The van der Waals surface area contributed by atoms with Crippen LogP contribution in [0.15, 0.2) is 48.5 Å². The van der Waals surface area contributed by atoms with Gasteiger partial charge in [0.25, 0.3) is 5.97 Å². The zero-order valence-corrected chi connectivity index (χ0v) is 21.9. The van der Waals surface area contributed by atoms with Gasteiger partial charge in [0.15, 0.2) is 0 Å². The molecule has 0 aliphatic rings. The third-order valence-corrected chi connectivity index (χ3v) is 5.18. The highest BCUT2D eigenvalue weighted by Crippen LogP contribution is 2.18. The van der Waals surface area contributed by atoms with Crippen LogP contribution in [0, 0.1) is 22.7 Å². The molecule has 0 fully saturated rings. The summed E-state index contributed by atoms with van der Waals surface area (Å²) < 4.78 is 0. The van der Waals surface area contributed by atoms with Crippen LogP contribution in [0.5, 0.6) is 0 Å². The average molecular weight is 469 g/mol. The normalized spacial score (nSPS) is 12.0. The molecule has 0 aliphatic carbocycles. The summed E-state index contributed by atoms with van der Waals surface area (Å²) in [7, 11) is 0. The van der Waals surface area contributed by atoms with Crippen molar-refractivity contribution < 1.29 is 9.90 Å². The van der Waals surface area contributed by atoms with Gasteiger partial charge in [-0.3, -0.25) is 15.6 Å². The van der Waals surface area contributed by atoms with Crippen LogP contribution in [-0.4, -0.2) is 22.7 Å². The molecule has 0 radical (unpaired) electrons. The van der Waals surface area contributed by atoms with E-state index in [2.05, 4.69) is 76.2 Å². The van der Waals surface area contributed by atoms with Gasteiger partial charge in [0, 0.05) is 18.8 Å². The molecule has 188 valence electrons. The van der Waals surface area contributed by atoms with Gasteiger partial charge in [-0.1, -0.05) is 90.1 Å². The smallest absolute Gasteiger partial charge is 0.300 e. The molecule has 0 saturated carbocycles. The van der Waals surface area contributed by atoms with E-state index in [-0.39, 0.29) is 23.5 Å². The van der Waals surface area contributed by atoms with E-state index in [4.69, 9.17) is 32.2 Å². The van der Waals surface area contributed by atoms with Crippen molar-refractivity contribution in [3.63, 3.8) is 0 Å². The first kappa shape index (κ1) is 30.9. The van der Waals surface area contributed by atoms with Crippen molar-refractivity contribution >= 4 is 17.6 Å². The van der Waals surface area contributed by atoms with Gasteiger partial charge >= 0.3 is 0 Å². The van der Waals surface area contributed by atoms with Crippen molar-refractivity contribution in [1.29, 1.82) is 10.8 Å². The summed E-state index contributed by atoms with van der Waals surface area (Å²) >= 11 is 0. The number of amidine groups is 2. The Bertz CT molecular complexity index is 814. The summed E-state index contributed by atoms with van der Waals surface area (Å²) in [6.07, 6.45) is 2.21.